The minimum Gasteiger partial charge on any atom is -0.322 e. The monoisotopic (exact) mass is 405 g/mol. The molecular weight excluding hydrogens is 382 g/mol. The normalized spacial score (nSPS) is 13.8. The van der Waals surface area contributed by atoms with Gasteiger partial charge in [-0.05, 0) is 50.1 Å². The van der Waals surface area contributed by atoms with E-state index in [0.717, 1.165) is 43.0 Å². The van der Waals surface area contributed by atoms with Crippen LogP contribution in [0, 0.1) is 17.0 Å². The molecule has 8 nitrogen and oxygen atoms in total. The molecule has 1 N–H and O–H groups in total. The molecule has 154 valence electrons. The Morgan fingerprint density at radius 1 is 1.07 bits per heavy atom. The standard InChI is InChI=1S/C22H23N5O3/c1-15-18(7-6-8-19(15)27(29)30)22(28)23-17-12-10-16(11-13-17)21-25-24-20-9-4-2-3-5-14-26(20)21/h6-8,10-13H,2-5,9,14H2,1H3,(H,23,28). The molecule has 1 aliphatic heterocycles. The number of carbonyl (C=O) groups is 1. The number of fused-ring (bicyclic) bond motifs is 1. The van der Waals surface area contributed by atoms with E-state index in [2.05, 4.69) is 20.1 Å². The maximum atomic E-state index is 12.6. The fraction of sp³-hybridized carbons (Fsp3) is 0.318. The zero-order valence-electron chi connectivity index (χ0n) is 16.8. The number of rotatable bonds is 4. The van der Waals surface area contributed by atoms with Gasteiger partial charge < -0.3 is 9.88 Å². The van der Waals surface area contributed by atoms with Gasteiger partial charge in [-0.3, -0.25) is 14.9 Å². The fourth-order valence-electron chi connectivity index (χ4n) is 3.84. The minimum absolute atomic E-state index is 0.0682. The Kier molecular flexibility index (Phi) is 5.56. The van der Waals surface area contributed by atoms with Crippen molar-refractivity contribution in [3.63, 3.8) is 0 Å². The summed E-state index contributed by atoms with van der Waals surface area (Å²) in [6.45, 7) is 2.50. The molecule has 0 radical (unpaired) electrons. The molecule has 0 bridgehead atoms. The molecule has 0 spiro atoms. The summed E-state index contributed by atoms with van der Waals surface area (Å²) in [5, 5.41) is 22.7. The molecular formula is C22H23N5O3. The zero-order valence-corrected chi connectivity index (χ0v) is 16.8. The average molecular weight is 405 g/mol. The second-order valence-corrected chi connectivity index (χ2v) is 7.49. The molecule has 0 fully saturated rings. The van der Waals surface area contributed by atoms with Crippen LogP contribution in [0.2, 0.25) is 0 Å². The molecule has 1 amide bonds. The van der Waals surface area contributed by atoms with Gasteiger partial charge in [-0.15, -0.1) is 10.2 Å². The SMILES string of the molecule is Cc1c(C(=O)Nc2ccc(-c3nnc4n3CCCCCC4)cc2)cccc1[N+](=O)[O-]. The van der Waals surface area contributed by atoms with E-state index in [1.165, 1.54) is 25.0 Å². The van der Waals surface area contributed by atoms with Gasteiger partial charge in [0.05, 0.1) is 4.92 Å². The number of anilines is 1. The van der Waals surface area contributed by atoms with Gasteiger partial charge in [0, 0.05) is 41.4 Å². The summed E-state index contributed by atoms with van der Waals surface area (Å²) in [6, 6.07) is 11.9. The van der Waals surface area contributed by atoms with Crippen LogP contribution in [-0.4, -0.2) is 25.6 Å². The van der Waals surface area contributed by atoms with Gasteiger partial charge in [0.1, 0.15) is 5.82 Å². The number of amides is 1. The van der Waals surface area contributed by atoms with Crippen LogP contribution in [0.3, 0.4) is 0 Å². The van der Waals surface area contributed by atoms with Crippen molar-refractivity contribution < 1.29 is 9.72 Å². The highest BCUT2D eigenvalue weighted by Crippen LogP contribution is 2.25. The highest BCUT2D eigenvalue weighted by atomic mass is 16.6. The smallest absolute Gasteiger partial charge is 0.273 e. The zero-order chi connectivity index (χ0) is 21.1. The molecule has 1 aromatic heterocycles. The molecule has 0 saturated heterocycles. The number of nitro groups is 1. The predicted molar refractivity (Wildman–Crippen MR) is 113 cm³/mol. The first-order chi connectivity index (χ1) is 14.5. The Morgan fingerprint density at radius 3 is 2.60 bits per heavy atom. The van der Waals surface area contributed by atoms with Crippen LogP contribution >= 0.6 is 0 Å². The second-order valence-electron chi connectivity index (χ2n) is 7.49. The molecule has 2 heterocycles. The van der Waals surface area contributed by atoms with Gasteiger partial charge in [-0.2, -0.15) is 0 Å². The largest absolute Gasteiger partial charge is 0.322 e. The summed E-state index contributed by atoms with van der Waals surface area (Å²) in [5.74, 6) is 1.50. The summed E-state index contributed by atoms with van der Waals surface area (Å²) in [5.41, 5.74) is 2.12. The number of nitrogens with one attached hydrogen (secondary N) is 1. The molecule has 2 aromatic carbocycles. The van der Waals surface area contributed by atoms with Crippen LogP contribution in [0.1, 0.15) is 47.4 Å². The Hall–Kier alpha value is -3.55. The van der Waals surface area contributed by atoms with Gasteiger partial charge in [-0.25, -0.2) is 0 Å². The van der Waals surface area contributed by atoms with E-state index >= 15 is 0 Å². The maximum Gasteiger partial charge on any atom is 0.273 e. The second kappa shape index (κ2) is 8.44. The molecule has 0 unspecified atom stereocenters. The van der Waals surface area contributed by atoms with Gasteiger partial charge in [0.2, 0.25) is 0 Å². The van der Waals surface area contributed by atoms with Crippen LogP contribution in [0.15, 0.2) is 42.5 Å². The molecule has 1 aliphatic rings. The van der Waals surface area contributed by atoms with Crippen LogP contribution in [-0.2, 0) is 13.0 Å². The van der Waals surface area contributed by atoms with Crippen LogP contribution in [0.5, 0.6) is 0 Å². The van der Waals surface area contributed by atoms with Crippen LogP contribution in [0.25, 0.3) is 11.4 Å². The van der Waals surface area contributed by atoms with Gasteiger partial charge in [0.25, 0.3) is 11.6 Å². The predicted octanol–water partition coefficient (Wildman–Crippen LogP) is 4.53. The number of aryl methyl sites for hydroxylation is 1. The van der Waals surface area contributed by atoms with Crippen molar-refractivity contribution in [2.75, 3.05) is 5.32 Å². The number of carbonyl (C=O) groups excluding carboxylic acids is 1. The van der Waals surface area contributed by atoms with E-state index in [9.17, 15) is 14.9 Å². The van der Waals surface area contributed by atoms with Crippen molar-refractivity contribution in [2.45, 2.75) is 45.6 Å². The number of hydrogen-bond donors (Lipinski definition) is 1. The Labute approximate surface area is 174 Å². The Bertz CT molecular complexity index is 1090. The Balaban J connectivity index is 1.53. The van der Waals surface area contributed by atoms with Gasteiger partial charge in [0.15, 0.2) is 5.82 Å². The summed E-state index contributed by atoms with van der Waals surface area (Å²) >= 11 is 0. The van der Waals surface area contributed by atoms with E-state index < -0.39 is 4.92 Å². The van der Waals surface area contributed by atoms with Crippen molar-refractivity contribution >= 4 is 17.3 Å². The van der Waals surface area contributed by atoms with Crippen molar-refractivity contribution in [3.8, 4) is 11.4 Å². The maximum absolute atomic E-state index is 12.6. The third kappa shape index (κ3) is 3.94. The molecule has 30 heavy (non-hydrogen) atoms. The third-order valence-corrected chi connectivity index (χ3v) is 5.51. The van der Waals surface area contributed by atoms with E-state index in [1.54, 1.807) is 13.0 Å². The van der Waals surface area contributed by atoms with Crippen LogP contribution < -0.4 is 5.32 Å². The quantitative estimate of drug-likeness (QED) is 0.507. The molecule has 8 heteroatoms. The lowest BCUT2D eigenvalue weighted by Gasteiger charge is -2.13. The van der Waals surface area contributed by atoms with E-state index in [-0.39, 0.29) is 17.2 Å². The lowest BCUT2D eigenvalue weighted by Crippen LogP contribution is -2.14. The fourth-order valence-corrected chi connectivity index (χ4v) is 3.84. The van der Waals surface area contributed by atoms with E-state index in [0.29, 0.717) is 11.3 Å². The molecule has 0 saturated carbocycles. The average Bonchev–Trinajstić information content (AvgIpc) is 3.09. The van der Waals surface area contributed by atoms with Crippen molar-refractivity contribution in [1.82, 2.24) is 14.8 Å². The van der Waals surface area contributed by atoms with Gasteiger partial charge in [-0.1, -0.05) is 18.9 Å². The van der Waals surface area contributed by atoms with E-state index in [4.69, 9.17) is 0 Å². The van der Waals surface area contributed by atoms with Gasteiger partial charge >= 0.3 is 0 Å². The first kappa shape index (κ1) is 19.8. The highest BCUT2D eigenvalue weighted by Gasteiger charge is 2.19. The van der Waals surface area contributed by atoms with Crippen molar-refractivity contribution in [3.05, 3.63) is 69.5 Å². The molecule has 3 aromatic rings. The molecule has 0 aliphatic carbocycles. The van der Waals surface area contributed by atoms with Crippen LogP contribution in [0.4, 0.5) is 11.4 Å². The molecule has 4 rings (SSSR count). The third-order valence-electron chi connectivity index (χ3n) is 5.51. The summed E-state index contributed by atoms with van der Waals surface area (Å²) < 4.78 is 2.19. The number of aromatic nitrogens is 3. The first-order valence-corrected chi connectivity index (χ1v) is 10.1. The summed E-state index contributed by atoms with van der Waals surface area (Å²) in [6.07, 6.45) is 5.67. The topological polar surface area (TPSA) is 103 Å². The summed E-state index contributed by atoms with van der Waals surface area (Å²) in [7, 11) is 0. The lowest BCUT2D eigenvalue weighted by molar-refractivity contribution is -0.385. The molecule has 0 atom stereocenters. The van der Waals surface area contributed by atoms with Crippen molar-refractivity contribution in [1.29, 1.82) is 0 Å². The van der Waals surface area contributed by atoms with E-state index in [1.807, 2.05) is 24.3 Å². The Morgan fingerprint density at radius 2 is 1.83 bits per heavy atom. The lowest BCUT2D eigenvalue weighted by atomic mass is 10.1. The minimum atomic E-state index is -0.482. The number of benzene rings is 2. The summed E-state index contributed by atoms with van der Waals surface area (Å²) in [4.78, 5) is 23.3. The van der Waals surface area contributed by atoms with Crippen molar-refractivity contribution in [2.24, 2.45) is 0 Å². The number of nitro benzene ring substituents is 1. The highest BCUT2D eigenvalue weighted by molar-refractivity contribution is 6.05. The number of hydrogen-bond acceptors (Lipinski definition) is 5. The first-order valence-electron chi connectivity index (χ1n) is 10.1. The number of nitrogens with zero attached hydrogens (tertiary/aromatic N) is 4.